The highest BCUT2D eigenvalue weighted by atomic mass is 16.5. The van der Waals surface area contributed by atoms with Crippen molar-refractivity contribution in [3.63, 3.8) is 0 Å². The van der Waals surface area contributed by atoms with Gasteiger partial charge in [0.05, 0.1) is 13.2 Å². The fraction of sp³-hybridized carbons (Fsp3) is 1.00. The lowest BCUT2D eigenvalue weighted by molar-refractivity contribution is 0.0427. The van der Waals surface area contributed by atoms with Crippen LogP contribution in [0.3, 0.4) is 0 Å². The highest BCUT2D eigenvalue weighted by molar-refractivity contribution is 4.84. The summed E-state index contributed by atoms with van der Waals surface area (Å²) < 4.78 is 5.55. The zero-order valence-corrected chi connectivity index (χ0v) is 10.2. The number of hydrogen-bond donors (Lipinski definition) is 1. The van der Waals surface area contributed by atoms with Gasteiger partial charge in [-0.05, 0) is 43.4 Å². The Labute approximate surface area is 93.8 Å². The van der Waals surface area contributed by atoms with Crippen LogP contribution in [0.1, 0.15) is 39.5 Å². The van der Waals surface area contributed by atoms with Crippen molar-refractivity contribution in [1.29, 1.82) is 0 Å². The van der Waals surface area contributed by atoms with Crippen molar-refractivity contribution in [3.05, 3.63) is 0 Å². The van der Waals surface area contributed by atoms with Gasteiger partial charge < -0.3 is 10.1 Å². The average Bonchev–Trinajstić information content (AvgIpc) is 2.30. The first kappa shape index (κ1) is 11.4. The van der Waals surface area contributed by atoms with E-state index in [1.807, 2.05) is 0 Å². The third-order valence-electron chi connectivity index (χ3n) is 4.28. The van der Waals surface area contributed by atoms with E-state index in [0.717, 1.165) is 37.5 Å². The molecule has 0 spiro atoms. The molecular weight excluding hydrogens is 186 g/mol. The van der Waals surface area contributed by atoms with Crippen molar-refractivity contribution < 1.29 is 4.74 Å². The van der Waals surface area contributed by atoms with Gasteiger partial charge in [0.2, 0.25) is 0 Å². The first-order chi connectivity index (χ1) is 7.27. The van der Waals surface area contributed by atoms with Crippen molar-refractivity contribution in [2.45, 2.75) is 45.6 Å². The quantitative estimate of drug-likeness (QED) is 0.757. The van der Waals surface area contributed by atoms with Crippen LogP contribution in [-0.4, -0.2) is 25.8 Å². The Morgan fingerprint density at radius 3 is 2.40 bits per heavy atom. The molecular formula is C13H25NO. The molecule has 2 aliphatic rings. The largest absolute Gasteiger partial charge is 0.379 e. The van der Waals surface area contributed by atoms with Crippen molar-refractivity contribution >= 4 is 0 Å². The summed E-state index contributed by atoms with van der Waals surface area (Å²) >= 11 is 0. The second kappa shape index (κ2) is 5.31. The zero-order chi connectivity index (χ0) is 10.7. The zero-order valence-electron chi connectivity index (χ0n) is 10.2. The van der Waals surface area contributed by atoms with Gasteiger partial charge >= 0.3 is 0 Å². The van der Waals surface area contributed by atoms with Gasteiger partial charge in [0.15, 0.2) is 0 Å². The van der Waals surface area contributed by atoms with E-state index >= 15 is 0 Å². The van der Waals surface area contributed by atoms with Crippen LogP contribution in [0.2, 0.25) is 0 Å². The fourth-order valence-corrected chi connectivity index (χ4v) is 3.10. The van der Waals surface area contributed by atoms with E-state index in [1.54, 1.807) is 0 Å². The molecule has 2 heteroatoms. The Balaban J connectivity index is 1.77. The SMILES string of the molecule is CC(C)C1CCC(C2COCCN2)CC1. The number of morpholine rings is 1. The van der Waals surface area contributed by atoms with Crippen molar-refractivity contribution in [2.24, 2.45) is 17.8 Å². The molecule has 1 saturated heterocycles. The van der Waals surface area contributed by atoms with Gasteiger partial charge in [0, 0.05) is 12.6 Å². The smallest absolute Gasteiger partial charge is 0.0622 e. The van der Waals surface area contributed by atoms with E-state index in [9.17, 15) is 0 Å². The van der Waals surface area contributed by atoms with Gasteiger partial charge in [-0.15, -0.1) is 0 Å². The molecule has 0 bridgehead atoms. The lowest BCUT2D eigenvalue weighted by Crippen LogP contribution is -2.47. The predicted molar refractivity (Wildman–Crippen MR) is 62.9 cm³/mol. The van der Waals surface area contributed by atoms with E-state index in [4.69, 9.17) is 4.74 Å². The lowest BCUT2D eigenvalue weighted by atomic mass is 9.74. The van der Waals surface area contributed by atoms with E-state index in [0.29, 0.717) is 6.04 Å². The van der Waals surface area contributed by atoms with Crippen molar-refractivity contribution in [3.8, 4) is 0 Å². The number of hydrogen-bond acceptors (Lipinski definition) is 2. The maximum atomic E-state index is 5.55. The first-order valence-electron chi connectivity index (χ1n) is 6.58. The maximum absolute atomic E-state index is 5.55. The molecule has 1 atom stereocenters. The van der Waals surface area contributed by atoms with Gasteiger partial charge in [0.1, 0.15) is 0 Å². The topological polar surface area (TPSA) is 21.3 Å². The van der Waals surface area contributed by atoms with Crippen LogP contribution in [0, 0.1) is 17.8 Å². The molecule has 0 aromatic rings. The molecule has 2 fully saturated rings. The first-order valence-corrected chi connectivity index (χ1v) is 6.58. The van der Waals surface area contributed by atoms with Gasteiger partial charge in [0.25, 0.3) is 0 Å². The van der Waals surface area contributed by atoms with Crippen LogP contribution in [0.5, 0.6) is 0 Å². The maximum Gasteiger partial charge on any atom is 0.0622 e. The molecule has 88 valence electrons. The molecule has 2 rings (SSSR count). The van der Waals surface area contributed by atoms with Crippen LogP contribution in [0.25, 0.3) is 0 Å². The fourth-order valence-electron chi connectivity index (χ4n) is 3.10. The van der Waals surface area contributed by atoms with Crippen LogP contribution >= 0.6 is 0 Å². The summed E-state index contributed by atoms with van der Waals surface area (Å²) in [5, 5.41) is 3.61. The van der Waals surface area contributed by atoms with Gasteiger partial charge in [-0.1, -0.05) is 13.8 Å². The van der Waals surface area contributed by atoms with Gasteiger partial charge in [-0.25, -0.2) is 0 Å². The summed E-state index contributed by atoms with van der Waals surface area (Å²) in [6, 6.07) is 0.645. The number of ether oxygens (including phenoxy) is 1. The van der Waals surface area contributed by atoms with Crippen LogP contribution in [0.15, 0.2) is 0 Å². The van der Waals surface area contributed by atoms with Crippen molar-refractivity contribution in [1.82, 2.24) is 5.32 Å². The molecule has 1 aliphatic heterocycles. The monoisotopic (exact) mass is 211 g/mol. The lowest BCUT2D eigenvalue weighted by Gasteiger charge is -2.37. The van der Waals surface area contributed by atoms with E-state index in [1.165, 1.54) is 25.7 Å². The molecule has 0 aromatic heterocycles. The standard InChI is InChI=1S/C13H25NO/c1-10(2)11-3-5-12(6-4-11)13-9-15-8-7-14-13/h10-14H,3-9H2,1-2H3. The molecule has 1 unspecified atom stereocenters. The highest BCUT2D eigenvalue weighted by Crippen LogP contribution is 2.35. The second-order valence-electron chi connectivity index (χ2n) is 5.55. The van der Waals surface area contributed by atoms with E-state index < -0.39 is 0 Å². The highest BCUT2D eigenvalue weighted by Gasteiger charge is 2.29. The molecule has 15 heavy (non-hydrogen) atoms. The molecule has 0 amide bonds. The second-order valence-corrected chi connectivity index (χ2v) is 5.55. The Morgan fingerprint density at radius 1 is 1.13 bits per heavy atom. The Hall–Kier alpha value is -0.0800. The summed E-state index contributed by atoms with van der Waals surface area (Å²) in [5.74, 6) is 2.73. The summed E-state index contributed by atoms with van der Waals surface area (Å²) in [7, 11) is 0. The summed E-state index contributed by atoms with van der Waals surface area (Å²) in [5.41, 5.74) is 0. The molecule has 1 saturated carbocycles. The average molecular weight is 211 g/mol. The minimum atomic E-state index is 0.645. The van der Waals surface area contributed by atoms with E-state index in [-0.39, 0.29) is 0 Å². The third kappa shape index (κ3) is 2.94. The normalized spacial score (nSPS) is 38.2. The molecule has 1 heterocycles. The summed E-state index contributed by atoms with van der Waals surface area (Å²) in [6.45, 7) is 7.63. The third-order valence-corrected chi connectivity index (χ3v) is 4.28. The van der Waals surface area contributed by atoms with Gasteiger partial charge in [-0.3, -0.25) is 0 Å². The van der Waals surface area contributed by atoms with Crippen LogP contribution in [-0.2, 0) is 4.74 Å². The van der Waals surface area contributed by atoms with Crippen LogP contribution in [0.4, 0.5) is 0 Å². The predicted octanol–water partition coefficient (Wildman–Crippen LogP) is 2.44. The summed E-state index contributed by atoms with van der Waals surface area (Å²) in [4.78, 5) is 0. The van der Waals surface area contributed by atoms with E-state index in [2.05, 4.69) is 19.2 Å². The molecule has 1 N–H and O–H groups in total. The Kier molecular flexibility index (Phi) is 4.04. The van der Waals surface area contributed by atoms with Crippen molar-refractivity contribution in [2.75, 3.05) is 19.8 Å². The number of nitrogens with one attached hydrogen (secondary N) is 1. The Bertz CT molecular complexity index is 179. The van der Waals surface area contributed by atoms with Gasteiger partial charge in [-0.2, -0.15) is 0 Å². The minimum absolute atomic E-state index is 0.645. The molecule has 1 aliphatic carbocycles. The van der Waals surface area contributed by atoms with Crippen LogP contribution < -0.4 is 5.32 Å². The molecule has 0 radical (unpaired) electrons. The molecule has 2 nitrogen and oxygen atoms in total. The minimum Gasteiger partial charge on any atom is -0.379 e. The number of rotatable bonds is 2. The summed E-state index contributed by atoms with van der Waals surface area (Å²) in [6.07, 6.45) is 5.68. The Morgan fingerprint density at radius 2 is 1.87 bits per heavy atom. The molecule has 0 aromatic carbocycles.